The van der Waals surface area contributed by atoms with Gasteiger partial charge in [0.1, 0.15) is 5.82 Å². The van der Waals surface area contributed by atoms with Crippen molar-refractivity contribution in [3.8, 4) is 0 Å². The molecule has 0 saturated carbocycles. The van der Waals surface area contributed by atoms with E-state index in [1.54, 1.807) is 0 Å². The van der Waals surface area contributed by atoms with Crippen molar-refractivity contribution in [3.63, 3.8) is 0 Å². The fourth-order valence-corrected chi connectivity index (χ4v) is 4.40. The maximum atomic E-state index is 13.5. The first kappa shape index (κ1) is 24.9. The molecule has 0 atom stereocenters. The van der Waals surface area contributed by atoms with Gasteiger partial charge < -0.3 is 10.6 Å². The fraction of sp³-hybridized carbons (Fsp3) is 0.261. The van der Waals surface area contributed by atoms with Crippen molar-refractivity contribution in [2.75, 3.05) is 31.3 Å². The SMILES string of the molecule is CCCN(C(=O)c1cccc(S(=O)(=O)N(C)C)c1)c1c(N)n(Cc2ccccc2)c(=O)[nH]c1=O. The summed E-state index contributed by atoms with van der Waals surface area (Å²) in [5, 5.41) is 0. The Morgan fingerprint density at radius 1 is 1.06 bits per heavy atom. The van der Waals surface area contributed by atoms with Gasteiger partial charge in [-0.05, 0) is 30.2 Å². The van der Waals surface area contributed by atoms with Crippen molar-refractivity contribution in [2.45, 2.75) is 24.8 Å². The molecule has 0 fully saturated rings. The number of nitrogen functional groups attached to an aromatic ring is 1. The quantitative estimate of drug-likeness (QED) is 0.495. The molecule has 3 aromatic rings. The highest BCUT2D eigenvalue weighted by Gasteiger charge is 2.26. The number of H-pyrrole nitrogens is 1. The van der Waals surface area contributed by atoms with Crippen LogP contribution < -0.4 is 21.9 Å². The number of benzene rings is 2. The molecule has 1 amide bonds. The number of nitrogens with zero attached hydrogens (tertiary/aromatic N) is 3. The maximum Gasteiger partial charge on any atom is 0.330 e. The number of aromatic amines is 1. The average Bonchev–Trinajstić information content (AvgIpc) is 2.81. The van der Waals surface area contributed by atoms with E-state index >= 15 is 0 Å². The number of hydrogen-bond acceptors (Lipinski definition) is 6. The number of amides is 1. The molecule has 1 heterocycles. The molecule has 0 spiro atoms. The van der Waals surface area contributed by atoms with E-state index in [0.717, 1.165) is 9.87 Å². The Morgan fingerprint density at radius 2 is 1.74 bits per heavy atom. The molecular formula is C23H27N5O5S. The number of carbonyl (C=O) groups excluding carboxylic acids is 1. The van der Waals surface area contributed by atoms with E-state index in [9.17, 15) is 22.8 Å². The second kappa shape index (κ2) is 10.1. The molecule has 0 aliphatic carbocycles. The first-order valence-corrected chi connectivity index (χ1v) is 12.0. The summed E-state index contributed by atoms with van der Waals surface area (Å²) in [6.45, 7) is 2.04. The monoisotopic (exact) mass is 485 g/mol. The Balaban J connectivity index is 2.11. The molecule has 180 valence electrons. The molecule has 11 heteroatoms. The van der Waals surface area contributed by atoms with Crippen molar-refractivity contribution in [1.29, 1.82) is 0 Å². The summed E-state index contributed by atoms with van der Waals surface area (Å²) in [7, 11) is -0.990. The first-order valence-electron chi connectivity index (χ1n) is 10.6. The lowest BCUT2D eigenvalue weighted by atomic mass is 10.1. The first-order chi connectivity index (χ1) is 16.1. The summed E-state index contributed by atoms with van der Waals surface area (Å²) in [5.74, 6) is -0.767. The lowest BCUT2D eigenvalue weighted by Crippen LogP contribution is -2.41. The third-order valence-electron chi connectivity index (χ3n) is 5.22. The molecule has 3 N–H and O–H groups in total. The van der Waals surface area contributed by atoms with Gasteiger partial charge in [0.2, 0.25) is 10.0 Å². The zero-order chi connectivity index (χ0) is 25.0. The Labute approximate surface area is 197 Å². The van der Waals surface area contributed by atoms with Gasteiger partial charge in [0.25, 0.3) is 11.5 Å². The van der Waals surface area contributed by atoms with Crippen molar-refractivity contribution in [3.05, 3.63) is 86.6 Å². The molecule has 0 bridgehead atoms. The topological polar surface area (TPSA) is 139 Å². The Morgan fingerprint density at radius 3 is 2.35 bits per heavy atom. The van der Waals surface area contributed by atoms with Gasteiger partial charge >= 0.3 is 5.69 Å². The molecule has 0 radical (unpaired) electrons. The highest BCUT2D eigenvalue weighted by Crippen LogP contribution is 2.22. The Bertz CT molecular complexity index is 1410. The third kappa shape index (κ3) is 4.95. The average molecular weight is 486 g/mol. The molecule has 10 nitrogen and oxygen atoms in total. The van der Waals surface area contributed by atoms with Crippen LogP contribution in [-0.4, -0.2) is 48.8 Å². The highest BCUT2D eigenvalue weighted by molar-refractivity contribution is 7.89. The van der Waals surface area contributed by atoms with Gasteiger partial charge in [0.05, 0.1) is 11.4 Å². The van der Waals surface area contributed by atoms with Crippen LogP contribution in [0.5, 0.6) is 0 Å². The number of nitrogens with one attached hydrogen (secondary N) is 1. The summed E-state index contributed by atoms with van der Waals surface area (Å²) >= 11 is 0. The molecule has 34 heavy (non-hydrogen) atoms. The smallest absolute Gasteiger partial charge is 0.330 e. The summed E-state index contributed by atoms with van der Waals surface area (Å²) in [5.41, 5.74) is 5.45. The molecular weight excluding hydrogens is 458 g/mol. The predicted octanol–water partition coefficient (Wildman–Crippen LogP) is 1.47. The fourth-order valence-electron chi connectivity index (χ4n) is 3.46. The van der Waals surface area contributed by atoms with E-state index < -0.39 is 27.2 Å². The number of carbonyl (C=O) groups is 1. The van der Waals surface area contributed by atoms with Gasteiger partial charge in [-0.1, -0.05) is 43.3 Å². The van der Waals surface area contributed by atoms with Crippen LogP contribution in [0.15, 0.2) is 69.1 Å². The van der Waals surface area contributed by atoms with E-state index in [4.69, 9.17) is 5.73 Å². The van der Waals surface area contributed by atoms with Crippen LogP contribution in [0, 0.1) is 0 Å². The second-order valence-electron chi connectivity index (χ2n) is 7.84. The lowest BCUT2D eigenvalue weighted by Gasteiger charge is -2.24. The largest absolute Gasteiger partial charge is 0.383 e. The number of hydrogen-bond donors (Lipinski definition) is 2. The number of sulfonamides is 1. The lowest BCUT2D eigenvalue weighted by molar-refractivity contribution is 0.0986. The molecule has 2 aromatic carbocycles. The summed E-state index contributed by atoms with van der Waals surface area (Å²) in [6, 6.07) is 14.6. The van der Waals surface area contributed by atoms with Crippen LogP contribution in [0.1, 0.15) is 29.3 Å². The summed E-state index contributed by atoms with van der Waals surface area (Å²) < 4.78 is 27.3. The summed E-state index contributed by atoms with van der Waals surface area (Å²) in [4.78, 5) is 42.1. The van der Waals surface area contributed by atoms with Gasteiger partial charge in [-0.15, -0.1) is 0 Å². The number of anilines is 2. The van der Waals surface area contributed by atoms with Gasteiger partial charge in [-0.3, -0.25) is 19.1 Å². The third-order valence-corrected chi connectivity index (χ3v) is 7.03. The molecule has 0 aliphatic heterocycles. The molecule has 0 saturated heterocycles. The van der Waals surface area contributed by atoms with E-state index in [1.807, 2.05) is 37.3 Å². The van der Waals surface area contributed by atoms with Crippen LogP contribution in [0.25, 0.3) is 0 Å². The Hall–Kier alpha value is -3.70. The van der Waals surface area contributed by atoms with E-state index in [2.05, 4.69) is 4.98 Å². The normalized spacial score (nSPS) is 11.5. The van der Waals surface area contributed by atoms with Crippen LogP contribution in [-0.2, 0) is 16.6 Å². The molecule has 0 aliphatic rings. The Kier molecular flexibility index (Phi) is 7.38. The zero-order valence-corrected chi connectivity index (χ0v) is 20.0. The van der Waals surface area contributed by atoms with Crippen molar-refractivity contribution in [2.24, 2.45) is 0 Å². The minimum atomic E-state index is -3.77. The molecule has 0 unspecified atom stereocenters. The maximum absolute atomic E-state index is 13.5. The standard InChI is InChI=1S/C23H27N5O5S/c1-4-13-27(22(30)17-11-8-12-18(14-17)34(32,33)26(2)3)19-20(24)28(23(31)25-21(19)29)15-16-9-6-5-7-10-16/h5-12,14H,4,13,15,24H2,1-3H3,(H,25,29,31). The summed E-state index contributed by atoms with van der Waals surface area (Å²) in [6.07, 6.45) is 0.484. The van der Waals surface area contributed by atoms with E-state index in [1.165, 1.54) is 47.8 Å². The molecule has 1 aromatic heterocycles. The minimum absolute atomic E-state index is 0.0595. The van der Waals surface area contributed by atoms with Crippen molar-refractivity contribution >= 4 is 27.4 Å². The number of aromatic nitrogens is 2. The van der Waals surface area contributed by atoms with Crippen LogP contribution in [0.4, 0.5) is 11.5 Å². The zero-order valence-electron chi connectivity index (χ0n) is 19.2. The van der Waals surface area contributed by atoms with Gasteiger partial charge in [0.15, 0.2) is 5.69 Å². The van der Waals surface area contributed by atoms with Gasteiger partial charge in [-0.25, -0.2) is 17.5 Å². The van der Waals surface area contributed by atoms with Crippen LogP contribution >= 0.6 is 0 Å². The van der Waals surface area contributed by atoms with E-state index in [-0.39, 0.29) is 35.1 Å². The van der Waals surface area contributed by atoms with Crippen LogP contribution in [0.3, 0.4) is 0 Å². The van der Waals surface area contributed by atoms with Crippen molar-refractivity contribution < 1.29 is 13.2 Å². The molecule has 3 rings (SSSR count). The van der Waals surface area contributed by atoms with Crippen LogP contribution in [0.2, 0.25) is 0 Å². The minimum Gasteiger partial charge on any atom is -0.383 e. The van der Waals surface area contributed by atoms with E-state index in [0.29, 0.717) is 6.42 Å². The second-order valence-corrected chi connectivity index (χ2v) is 9.99. The van der Waals surface area contributed by atoms with Gasteiger partial charge in [-0.2, -0.15) is 0 Å². The number of nitrogens with two attached hydrogens (primary N) is 1. The highest BCUT2D eigenvalue weighted by atomic mass is 32.2. The van der Waals surface area contributed by atoms with Crippen molar-refractivity contribution in [1.82, 2.24) is 13.9 Å². The van der Waals surface area contributed by atoms with Gasteiger partial charge in [0, 0.05) is 26.2 Å². The number of rotatable bonds is 8. The predicted molar refractivity (Wildman–Crippen MR) is 131 cm³/mol.